The number of amides is 1. The molecule has 2 atom stereocenters. The van der Waals surface area contributed by atoms with E-state index in [0.29, 0.717) is 42.3 Å². The number of methoxy groups -OCH3 is 3. The number of nitrogens with one attached hydrogen (secondary N) is 1. The lowest BCUT2D eigenvalue weighted by Gasteiger charge is -2.37. The summed E-state index contributed by atoms with van der Waals surface area (Å²) in [5, 5.41) is 13.1. The highest BCUT2D eigenvalue weighted by molar-refractivity contribution is 9.10. The van der Waals surface area contributed by atoms with Crippen molar-refractivity contribution >= 4 is 33.4 Å². The highest BCUT2D eigenvalue weighted by Crippen LogP contribution is 2.34. The fourth-order valence-corrected chi connectivity index (χ4v) is 5.01. The summed E-state index contributed by atoms with van der Waals surface area (Å²) in [5.41, 5.74) is 1.75. The predicted molar refractivity (Wildman–Crippen MR) is 130 cm³/mol. The zero-order chi connectivity index (χ0) is 24.2. The smallest absolute Gasteiger partial charge is 0.407 e. The Morgan fingerprint density at radius 3 is 2.79 bits per heavy atom. The first-order valence-corrected chi connectivity index (χ1v) is 11.7. The molecule has 1 aromatic carbocycles. The molecule has 0 saturated carbocycles. The second-order valence-electron chi connectivity index (χ2n) is 8.10. The van der Waals surface area contributed by atoms with Crippen LogP contribution in [-0.2, 0) is 11.3 Å². The molecule has 3 heterocycles. The van der Waals surface area contributed by atoms with Crippen molar-refractivity contribution in [2.75, 3.05) is 39.8 Å². The van der Waals surface area contributed by atoms with Crippen LogP contribution in [-0.4, -0.2) is 71.0 Å². The van der Waals surface area contributed by atoms with Gasteiger partial charge in [0.2, 0.25) is 0 Å². The maximum atomic E-state index is 11.8. The first-order valence-electron chi connectivity index (χ1n) is 10.9. The number of carbonyl (C=O) groups is 1. The van der Waals surface area contributed by atoms with Gasteiger partial charge in [-0.25, -0.2) is 14.8 Å². The van der Waals surface area contributed by atoms with E-state index < -0.39 is 6.09 Å². The number of benzene rings is 1. The molecule has 0 spiro atoms. The van der Waals surface area contributed by atoms with E-state index in [1.165, 1.54) is 4.90 Å². The molecule has 10 nitrogen and oxygen atoms in total. The fraction of sp³-hybridized carbons (Fsp3) is 0.435. The Labute approximate surface area is 206 Å². The standard InChI is InChI=1S/C23H28BrN5O5/c1-32-13-16-6-4-15(12-29(16)23(30)31)22-27-20(24)19-21(25-8-9-28(19)22)26-11-14-5-7-17(33-2)10-18(14)34-3/h5,7-10,15-16H,4,6,11-13H2,1-3H3,(H,25,26)(H,30,31). The molecule has 0 bridgehead atoms. The normalized spacial score (nSPS) is 18.2. The number of carboxylic acid groups (broad SMARTS) is 1. The predicted octanol–water partition coefficient (Wildman–Crippen LogP) is 3.99. The number of aromatic nitrogens is 3. The Morgan fingerprint density at radius 1 is 1.26 bits per heavy atom. The van der Waals surface area contributed by atoms with Crippen molar-refractivity contribution in [3.8, 4) is 11.5 Å². The number of nitrogens with zero attached hydrogens (tertiary/aromatic N) is 4. The molecule has 0 radical (unpaired) electrons. The van der Waals surface area contributed by atoms with Gasteiger partial charge in [0.15, 0.2) is 5.82 Å². The van der Waals surface area contributed by atoms with Crippen LogP contribution in [0.5, 0.6) is 11.5 Å². The van der Waals surface area contributed by atoms with E-state index in [2.05, 4.69) is 26.2 Å². The van der Waals surface area contributed by atoms with Gasteiger partial charge in [-0.3, -0.25) is 4.40 Å². The van der Waals surface area contributed by atoms with Crippen LogP contribution in [0.1, 0.15) is 30.1 Å². The number of likely N-dealkylation sites (tertiary alicyclic amines) is 1. The van der Waals surface area contributed by atoms with E-state index in [1.807, 2.05) is 28.8 Å². The molecule has 1 fully saturated rings. The van der Waals surface area contributed by atoms with Crippen molar-refractivity contribution < 1.29 is 24.1 Å². The number of halogens is 1. The van der Waals surface area contributed by atoms with Crippen molar-refractivity contribution in [3.63, 3.8) is 0 Å². The van der Waals surface area contributed by atoms with Crippen LogP contribution >= 0.6 is 15.9 Å². The molecule has 4 rings (SSSR count). The van der Waals surface area contributed by atoms with Gasteiger partial charge >= 0.3 is 6.09 Å². The van der Waals surface area contributed by atoms with E-state index in [9.17, 15) is 9.90 Å². The molecule has 34 heavy (non-hydrogen) atoms. The quantitative estimate of drug-likeness (QED) is 0.447. The first kappa shape index (κ1) is 24.1. The Hall–Kier alpha value is -3.05. The summed E-state index contributed by atoms with van der Waals surface area (Å²) in [4.78, 5) is 22.6. The minimum Gasteiger partial charge on any atom is -0.497 e. The number of piperidine rings is 1. The molecule has 11 heteroatoms. The van der Waals surface area contributed by atoms with E-state index >= 15 is 0 Å². The van der Waals surface area contributed by atoms with Crippen molar-refractivity contribution in [1.29, 1.82) is 0 Å². The highest BCUT2D eigenvalue weighted by atomic mass is 79.9. The van der Waals surface area contributed by atoms with Gasteiger partial charge in [-0.15, -0.1) is 0 Å². The van der Waals surface area contributed by atoms with Crippen LogP contribution in [0.25, 0.3) is 5.52 Å². The van der Waals surface area contributed by atoms with Crippen LogP contribution in [0.2, 0.25) is 0 Å². The number of hydrogen-bond donors (Lipinski definition) is 2. The molecule has 3 aromatic rings. The molecule has 1 aliphatic rings. The summed E-state index contributed by atoms with van der Waals surface area (Å²) in [7, 11) is 4.83. The lowest BCUT2D eigenvalue weighted by Crippen LogP contribution is -2.48. The molecule has 1 saturated heterocycles. The van der Waals surface area contributed by atoms with Crippen LogP contribution in [0.4, 0.5) is 10.6 Å². The summed E-state index contributed by atoms with van der Waals surface area (Å²) < 4.78 is 18.6. The van der Waals surface area contributed by atoms with Crippen LogP contribution in [0.15, 0.2) is 35.2 Å². The lowest BCUT2D eigenvalue weighted by atomic mass is 9.92. The van der Waals surface area contributed by atoms with Crippen LogP contribution in [0.3, 0.4) is 0 Å². The van der Waals surface area contributed by atoms with Gasteiger partial charge in [0.05, 0.1) is 26.9 Å². The number of anilines is 1. The van der Waals surface area contributed by atoms with Crippen LogP contribution < -0.4 is 14.8 Å². The number of fused-ring (bicyclic) bond motifs is 1. The summed E-state index contributed by atoms with van der Waals surface area (Å²) in [5.74, 6) is 2.86. The molecule has 2 aromatic heterocycles. The number of rotatable bonds is 8. The molecule has 0 aliphatic carbocycles. The maximum absolute atomic E-state index is 11.8. The van der Waals surface area contributed by atoms with Gasteiger partial charge in [0.1, 0.15) is 27.4 Å². The Morgan fingerprint density at radius 2 is 2.09 bits per heavy atom. The Kier molecular flexibility index (Phi) is 7.42. The van der Waals surface area contributed by atoms with E-state index in [-0.39, 0.29) is 12.0 Å². The minimum atomic E-state index is -0.941. The molecular weight excluding hydrogens is 506 g/mol. The number of imidazole rings is 1. The van der Waals surface area contributed by atoms with E-state index in [4.69, 9.17) is 19.2 Å². The minimum absolute atomic E-state index is 0.0417. The van der Waals surface area contributed by atoms with Crippen molar-refractivity contribution in [1.82, 2.24) is 19.3 Å². The summed E-state index contributed by atoms with van der Waals surface area (Å²) in [6.07, 6.45) is 4.16. The fourth-order valence-electron chi connectivity index (χ4n) is 4.45. The molecule has 2 N–H and O–H groups in total. The van der Waals surface area contributed by atoms with Gasteiger partial charge < -0.3 is 29.5 Å². The lowest BCUT2D eigenvalue weighted by molar-refractivity contribution is 0.0543. The summed E-state index contributed by atoms with van der Waals surface area (Å²) in [6.45, 7) is 1.24. The third kappa shape index (κ3) is 4.76. The first-order chi connectivity index (χ1) is 16.5. The monoisotopic (exact) mass is 533 g/mol. The number of ether oxygens (including phenoxy) is 3. The average molecular weight is 534 g/mol. The van der Waals surface area contributed by atoms with Crippen molar-refractivity contribution in [2.24, 2.45) is 0 Å². The Bertz CT molecular complexity index is 1170. The van der Waals surface area contributed by atoms with Gasteiger partial charge in [0, 0.05) is 50.1 Å². The van der Waals surface area contributed by atoms with E-state index in [1.54, 1.807) is 27.5 Å². The van der Waals surface area contributed by atoms with E-state index in [0.717, 1.165) is 29.1 Å². The largest absolute Gasteiger partial charge is 0.497 e. The summed E-state index contributed by atoms with van der Waals surface area (Å²) in [6, 6.07) is 5.52. The average Bonchev–Trinajstić information content (AvgIpc) is 3.20. The number of hydrogen-bond acceptors (Lipinski definition) is 7. The SMILES string of the molecule is COCC1CCC(c2nc(Br)c3c(NCc4ccc(OC)cc4OC)nccn23)CN1C(=O)O. The molecule has 182 valence electrons. The maximum Gasteiger partial charge on any atom is 0.407 e. The third-order valence-electron chi connectivity index (χ3n) is 6.16. The third-order valence-corrected chi connectivity index (χ3v) is 6.71. The molecule has 1 amide bonds. The second-order valence-corrected chi connectivity index (χ2v) is 8.86. The second kappa shape index (κ2) is 10.5. The van der Waals surface area contributed by atoms with Crippen LogP contribution in [0, 0.1) is 0 Å². The Balaban J connectivity index is 1.59. The zero-order valence-electron chi connectivity index (χ0n) is 19.3. The van der Waals surface area contributed by atoms with Crippen molar-refractivity contribution in [3.05, 3.63) is 46.6 Å². The molecule has 2 unspecified atom stereocenters. The zero-order valence-corrected chi connectivity index (χ0v) is 20.9. The topological polar surface area (TPSA) is 110 Å². The van der Waals surface area contributed by atoms with Gasteiger partial charge in [-0.2, -0.15) is 0 Å². The highest BCUT2D eigenvalue weighted by Gasteiger charge is 2.34. The van der Waals surface area contributed by atoms with Gasteiger partial charge in [0.25, 0.3) is 0 Å². The van der Waals surface area contributed by atoms with Gasteiger partial charge in [-0.1, -0.05) is 0 Å². The summed E-state index contributed by atoms with van der Waals surface area (Å²) >= 11 is 3.59. The van der Waals surface area contributed by atoms with Gasteiger partial charge in [-0.05, 0) is 40.9 Å². The molecule has 1 aliphatic heterocycles. The van der Waals surface area contributed by atoms with Crippen molar-refractivity contribution in [2.45, 2.75) is 31.3 Å². The molecular formula is C23H28BrN5O5.